The van der Waals surface area contributed by atoms with Crippen molar-refractivity contribution in [1.82, 2.24) is 10.4 Å². The van der Waals surface area contributed by atoms with Crippen molar-refractivity contribution in [2.24, 2.45) is 5.73 Å². The third-order valence-corrected chi connectivity index (χ3v) is 3.75. The molecule has 1 spiro atoms. The fourth-order valence-corrected chi connectivity index (χ4v) is 2.70. The number of hydrogen-bond donors (Lipinski definition) is 3. The van der Waals surface area contributed by atoms with Gasteiger partial charge in [0.1, 0.15) is 5.54 Å². The third-order valence-electron chi connectivity index (χ3n) is 3.75. The predicted molar refractivity (Wildman–Crippen MR) is 66.7 cm³/mol. The van der Waals surface area contributed by atoms with E-state index in [0.717, 1.165) is 24.4 Å². The number of hydrogen-bond acceptors (Lipinski definition) is 5. The zero-order valence-electron chi connectivity index (χ0n) is 11.3. The lowest BCUT2D eigenvalue weighted by molar-refractivity contribution is -0.226. The zero-order chi connectivity index (χ0) is 14.3. The Hall–Kier alpha value is -1.18. The highest BCUT2D eigenvalue weighted by Crippen LogP contribution is 2.32. The number of nitrogens with one attached hydrogen (secondary N) is 1. The molecule has 4 N–H and O–H groups in total. The molecule has 2 saturated heterocycles. The maximum atomic E-state index is 12.3. The molecule has 2 heterocycles. The van der Waals surface area contributed by atoms with Crippen LogP contribution in [-0.2, 0) is 14.4 Å². The van der Waals surface area contributed by atoms with E-state index in [1.54, 1.807) is 0 Å². The first-order chi connectivity index (χ1) is 8.76. The van der Waals surface area contributed by atoms with Crippen LogP contribution in [0.3, 0.4) is 0 Å². The summed E-state index contributed by atoms with van der Waals surface area (Å²) in [6.07, 6.45) is 1.12. The van der Waals surface area contributed by atoms with E-state index in [4.69, 9.17) is 10.6 Å². The quantitative estimate of drug-likeness (QED) is 0.602. The van der Waals surface area contributed by atoms with E-state index in [1.807, 2.05) is 0 Å². The molecule has 0 aromatic heterocycles. The average Bonchev–Trinajstić information content (AvgIpc) is 2.86. The van der Waals surface area contributed by atoms with Crippen LogP contribution in [0.2, 0.25) is 0 Å². The van der Waals surface area contributed by atoms with E-state index in [2.05, 4.69) is 5.32 Å². The van der Waals surface area contributed by atoms with Gasteiger partial charge in [0.05, 0.1) is 12.1 Å². The summed E-state index contributed by atoms with van der Waals surface area (Å²) in [6, 6.07) is 0. The first-order valence-corrected chi connectivity index (χ1v) is 6.52. The molecule has 19 heavy (non-hydrogen) atoms. The Kier molecular flexibility index (Phi) is 3.55. The molecule has 7 nitrogen and oxygen atoms in total. The Labute approximate surface area is 112 Å². The van der Waals surface area contributed by atoms with Gasteiger partial charge in [0.15, 0.2) is 6.10 Å². The maximum Gasteiger partial charge on any atom is 0.266 e. The van der Waals surface area contributed by atoms with Gasteiger partial charge in [-0.3, -0.25) is 14.4 Å². The first-order valence-electron chi connectivity index (χ1n) is 6.52. The van der Waals surface area contributed by atoms with Gasteiger partial charge < -0.3 is 16.2 Å². The second-order valence-corrected chi connectivity index (χ2v) is 5.81. The Morgan fingerprint density at radius 2 is 2.26 bits per heavy atom. The van der Waals surface area contributed by atoms with Crippen LogP contribution in [-0.4, -0.2) is 52.3 Å². The number of carbonyl (C=O) groups excluding carboxylic acids is 2. The Morgan fingerprint density at radius 3 is 2.74 bits per heavy atom. The highest BCUT2D eigenvalue weighted by atomic mass is 16.7. The first kappa shape index (κ1) is 14.2. The van der Waals surface area contributed by atoms with Crippen LogP contribution in [0.1, 0.15) is 33.1 Å². The third kappa shape index (κ3) is 2.58. The number of rotatable bonds is 4. The summed E-state index contributed by atoms with van der Waals surface area (Å²) in [6.45, 7) is 4.05. The van der Waals surface area contributed by atoms with Gasteiger partial charge in [-0.25, -0.2) is 5.06 Å². The van der Waals surface area contributed by atoms with Crippen LogP contribution in [0, 0.1) is 0 Å². The summed E-state index contributed by atoms with van der Waals surface area (Å²) < 4.78 is 0. The Balaban J connectivity index is 2.08. The van der Waals surface area contributed by atoms with Gasteiger partial charge in [0, 0.05) is 0 Å². The van der Waals surface area contributed by atoms with Crippen molar-refractivity contribution in [3.05, 3.63) is 0 Å². The molecule has 108 valence electrons. The van der Waals surface area contributed by atoms with Crippen molar-refractivity contribution < 1.29 is 19.5 Å². The zero-order valence-corrected chi connectivity index (χ0v) is 11.3. The van der Waals surface area contributed by atoms with Crippen LogP contribution in [0.25, 0.3) is 0 Å². The standard InChI is InChI=1S/C12H21N3O4/c1-11(2,18)8(9(13)16)19-15-7-5-12(10(15)17)4-3-6-14-12/h8,14,18H,3-7H2,1-2H3,(H2,13,16). The Bertz CT molecular complexity index is 385. The topological polar surface area (TPSA) is 105 Å². The average molecular weight is 271 g/mol. The second-order valence-electron chi connectivity index (χ2n) is 5.81. The number of nitrogens with two attached hydrogens (primary N) is 1. The van der Waals surface area contributed by atoms with Crippen LogP contribution in [0.5, 0.6) is 0 Å². The molecule has 2 unspecified atom stereocenters. The van der Waals surface area contributed by atoms with E-state index in [0.29, 0.717) is 13.0 Å². The highest BCUT2D eigenvalue weighted by Gasteiger charge is 2.50. The molecule has 0 aromatic carbocycles. The number of aliphatic hydroxyl groups is 1. The molecular formula is C12H21N3O4. The van der Waals surface area contributed by atoms with Gasteiger partial charge in [0.25, 0.3) is 11.8 Å². The normalized spacial score (nSPS) is 29.2. The SMILES string of the molecule is CC(C)(O)C(ON1CCC2(CCCN2)C1=O)C(N)=O. The van der Waals surface area contributed by atoms with Gasteiger partial charge >= 0.3 is 0 Å². The summed E-state index contributed by atoms with van der Waals surface area (Å²) in [5, 5.41) is 14.2. The number of hydroxylamine groups is 2. The summed E-state index contributed by atoms with van der Waals surface area (Å²) in [5.41, 5.74) is 3.22. The van der Waals surface area contributed by atoms with E-state index >= 15 is 0 Å². The van der Waals surface area contributed by atoms with Crippen LogP contribution in [0.15, 0.2) is 0 Å². The minimum absolute atomic E-state index is 0.180. The van der Waals surface area contributed by atoms with E-state index in [9.17, 15) is 14.7 Å². The largest absolute Gasteiger partial charge is 0.387 e. The molecule has 2 aliphatic heterocycles. The van der Waals surface area contributed by atoms with Gasteiger partial charge in [-0.2, -0.15) is 0 Å². The van der Waals surface area contributed by atoms with Crippen molar-refractivity contribution in [2.75, 3.05) is 13.1 Å². The highest BCUT2D eigenvalue weighted by molar-refractivity contribution is 5.88. The fraction of sp³-hybridized carbons (Fsp3) is 0.833. The lowest BCUT2D eigenvalue weighted by Gasteiger charge is -2.30. The van der Waals surface area contributed by atoms with Gasteiger partial charge in [-0.05, 0) is 39.7 Å². The molecule has 2 aliphatic rings. The molecule has 0 aliphatic carbocycles. The molecule has 0 aromatic rings. The summed E-state index contributed by atoms with van der Waals surface area (Å²) in [4.78, 5) is 29.0. The molecule has 2 atom stereocenters. The van der Waals surface area contributed by atoms with E-state index < -0.39 is 23.2 Å². The monoisotopic (exact) mass is 271 g/mol. The van der Waals surface area contributed by atoms with Crippen molar-refractivity contribution in [3.63, 3.8) is 0 Å². The van der Waals surface area contributed by atoms with Crippen LogP contribution in [0.4, 0.5) is 0 Å². The summed E-state index contributed by atoms with van der Waals surface area (Å²) in [7, 11) is 0. The molecule has 0 bridgehead atoms. The van der Waals surface area contributed by atoms with Gasteiger partial charge in [0.2, 0.25) is 0 Å². The number of primary amides is 1. The predicted octanol–water partition coefficient (Wildman–Crippen LogP) is -1.10. The van der Waals surface area contributed by atoms with Crippen LogP contribution >= 0.6 is 0 Å². The van der Waals surface area contributed by atoms with Crippen LogP contribution < -0.4 is 11.1 Å². The lowest BCUT2D eigenvalue weighted by Crippen LogP contribution is -2.53. The minimum atomic E-state index is -1.44. The summed E-state index contributed by atoms with van der Waals surface area (Å²) in [5.74, 6) is -0.971. The van der Waals surface area contributed by atoms with E-state index in [1.165, 1.54) is 13.8 Å². The minimum Gasteiger partial charge on any atom is -0.387 e. The molecule has 2 fully saturated rings. The number of carbonyl (C=O) groups is 2. The maximum absolute atomic E-state index is 12.3. The smallest absolute Gasteiger partial charge is 0.266 e. The molecule has 0 saturated carbocycles. The molecular weight excluding hydrogens is 250 g/mol. The van der Waals surface area contributed by atoms with Gasteiger partial charge in [-0.15, -0.1) is 0 Å². The molecule has 2 rings (SSSR count). The Morgan fingerprint density at radius 1 is 1.58 bits per heavy atom. The number of amides is 2. The summed E-state index contributed by atoms with van der Waals surface area (Å²) >= 11 is 0. The van der Waals surface area contributed by atoms with Crippen molar-refractivity contribution in [2.45, 2.75) is 50.4 Å². The molecule has 2 amide bonds. The molecule has 0 radical (unpaired) electrons. The van der Waals surface area contributed by atoms with Crippen molar-refractivity contribution in [3.8, 4) is 0 Å². The lowest BCUT2D eigenvalue weighted by atomic mass is 9.96. The van der Waals surface area contributed by atoms with Crippen molar-refractivity contribution in [1.29, 1.82) is 0 Å². The second kappa shape index (κ2) is 4.73. The van der Waals surface area contributed by atoms with Gasteiger partial charge in [-0.1, -0.05) is 0 Å². The number of nitrogens with zero attached hydrogens (tertiary/aromatic N) is 1. The van der Waals surface area contributed by atoms with Crippen molar-refractivity contribution >= 4 is 11.8 Å². The fourth-order valence-electron chi connectivity index (χ4n) is 2.70. The molecule has 7 heteroatoms. The van der Waals surface area contributed by atoms with E-state index in [-0.39, 0.29) is 5.91 Å².